The van der Waals surface area contributed by atoms with Crippen LogP contribution in [0.1, 0.15) is 28.7 Å². The van der Waals surface area contributed by atoms with Gasteiger partial charge >= 0.3 is 0 Å². The van der Waals surface area contributed by atoms with Crippen LogP contribution in [0.25, 0.3) is 27.5 Å². The van der Waals surface area contributed by atoms with E-state index in [1.54, 1.807) is 6.20 Å². The van der Waals surface area contributed by atoms with Gasteiger partial charge in [-0.3, -0.25) is 14.3 Å². The summed E-state index contributed by atoms with van der Waals surface area (Å²) in [6.45, 7) is 4.91. The first-order valence-electron chi connectivity index (χ1n) is 10.6. The predicted octanol–water partition coefficient (Wildman–Crippen LogP) is 3.95. The Balaban J connectivity index is 1.47. The van der Waals surface area contributed by atoms with Crippen molar-refractivity contribution in [2.24, 2.45) is 0 Å². The molecule has 0 aliphatic rings. The van der Waals surface area contributed by atoms with Gasteiger partial charge in [0, 0.05) is 30.4 Å². The molecular formula is C24H21ClN6O2. The van der Waals surface area contributed by atoms with Crippen LogP contribution in [0.5, 0.6) is 0 Å². The Morgan fingerprint density at radius 2 is 1.91 bits per heavy atom. The van der Waals surface area contributed by atoms with Crippen molar-refractivity contribution in [3.63, 3.8) is 0 Å². The fourth-order valence-corrected chi connectivity index (χ4v) is 4.15. The quantitative estimate of drug-likeness (QED) is 0.415. The Morgan fingerprint density at radius 1 is 1.12 bits per heavy atom. The van der Waals surface area contributed by atoms with Gasteiger partial charge in [0.05, 0.1) is 17.6 Å². The summed E-state index contributed by atoms with van der Waals surface area (Å²) in [5.74, 6) is -0.459. The molecule has 0 saturated carbocycles. The highest BCUT2D eigenvalue weighted by Crippen LogP contribution is 2.25. The zero-order chi connectivity index (χ0) is 23.1. The number of benzene rings is 2. The van der Waals surface area contributed by atoms with E-state index < -0.39 is 11.5 Å². The molecule has 0 atom stereocenters. The van der Waals surface area contributed by atoms with Crippen LogP contribution in [0.4, 0.5) is 0 Å². The number of halogens is 1. The number of carbonyl (C=O) groups excluding carboxylic acids is 1. The number of carbonyl (C=O) groups is 1. The zero-order valence-corrected chi connectivity index (χ0v) is 18.8. The molecule has 166 valence electrons. The van der Waals surface area contributed by atoms with Gasteiger partial charge in [0.2, 0.25) is 0 Å². The van der Waals surface area contributed by atoms with Crippen LogP contribution < -0.4 is 10.9 Å². The Labute approximate surface area is 193 Å². The minimum Gasteiger partial charge on any atom is -0.346 e. The third kappa shape index (κ3) is 3.78. The standard InChI is InChI=1S/C24H21ClN6O2/c1-3-30-12-18(14(2)28-30)11-26-23(32)21-20(25)22-24(33)27-19(13-31(22)29-21)17-9-8-15-6-4-5-7-16(15)10-17/h4-10,12-13H,3,11H2,1-2H3,(H,26,32)(H,27,33). The summed E-state index contributed by atoms with van der Waals surface area (Å²) in [7, 11) is 0. The van der Waals surface area contributed by atoms with Crippen molar-refractivity contribution in [3.05, 3.63) is 87.2 Å². The number of nitrogens with zero attached hydrogens (tertiary/aromatic N) is 4. The second-order valence-electron chi connectivity index (χ2n) is 7.79. The molecule has 0 saturated heterocycles. The van der Waals surface area contributed by atoms with E-state index in [-0.39, 0.29) is 22.8 Å². The fraction of sp³-hybridized carbons (Fsp3) is 0.167. The molecule has 9 heteroatoms. The van der Waals surface area contributed by atoms with Crippen molar-refractivity contribution in [1.29, 1.82) is 0 Å². The van der Waals surface area contributed by atoms with E-state index in [0.717, 1.165) is 34.1 Å². The molecule has 2 aromatic carbocycles. The molecule has 0 aliphatic carbocycles. The largest absolute Gasteiger partial charge is 0.346 e. The Bertz CT molecular complexity index is 1580. The van der Waals surface area contributed by atoms with Crippen LogP contribution >= 0.6 is 11.6 Å². The first-order valence-corrected chi connectivity index (χ1v) is 10.9. The lowest BCUT2D eigenvalue weighted by Gasteiger charge is -2.05. The van der Waals surface area contributed by atoms with Crippen molar-refractivity contribution in [1.82, 2.24) is 29.7 Å². The average molecular weight is 461 g/mol. The summed E-state index contributed by atoms with van der Waals surface area (Å²) in [6.07, 6.45) is 3.56. The average Bonchev–Trinajstić information content (AvgIpc) is 3.36. The number of hydrogen-bond donors (Lipinski definition) is 2. The molecule has 8 nitrogen and oxygen atoms in total. The van der Waals surface area contributed by atoms with Gasteiger partial charge in [-0.15, -0.1) is 0 Å². The maximum absolute atomic E-state index is 12.8. The van der Waals surface area contributed by atoms with E-state index in [9.17, 15) is 9.59 Å². The maximum Gasteiger partial charge on any atom is 0.276 e. The SMILES string of the molecule is CCn1cc(CNC(=O)c2nn3cc(-c4ccc5ccccc5c4)[nH]c(=O)c3c2Cl)c(C)n1. The smallest absolute Gasteiger partial charge is 0.276 e. The molecule has 3 aromatic heterocycles. The molecule has 5 rings (SSSR count). The second kappa shape index (κ2) is 8.22. The predicted molar refractivity (Wildman–Crippen MR) is 128 cm³/mol. The summed E-state index contributed by atoms with van der Waals surface area (Å²) in [6, 6.07) is 13.9. The van der Waals surface area contributed by atoms with Gasteiger partial charge in [-0.2, -0.15) is 10.2 Å². The molecule has 0 aliphatic heterocycles. The van der Waals surface area contributed by atoms with Crippen molar-refractivity contribution in [3.8, 4) is 11.3 Å². The molecule has 0 radical (unpaired) electrons. The molecule has 2 N–H and O–H groups in total. The molecule has 0 bridgehead atoms. The zero-order valence-electron chi connectivity index (χ0n) is 18.1. The van der Waals surface area contributed by atoms with E-state index in [0.29, 0.717) is 5.69 Å². The summed E-state index contributed by atoms with van der Waals surface area (Å²) in [5, 5.41) is 13.7. The van der Waals surface area contributed by atoms with Gasteiger partial charge in [-0.25, -0.2) is 4.52 Å². The number of nitrogens with one attached hydrogen (secondary N) is 2. The van der Waals surface area contributed by atoms with Crippen LogP contribution in [0, 0.1) is 6.92 Å². The number of aromatic amines is 1. The van der Waals surface area contributed by atoms with Crippen LogP contribution in [-0.2, 0) is 13.1 Å². The second-order valence-corrected chi connectivity index (χ2v) is 8.17. The van der Waals surface area contributed by atoms with E-state index in [4.69, 9.17) is 11.6 Å². The number of H-pyrrole nitrogens is 1. The fourth-order valence-electron chi connectivity index (χ4n) is 3.85. The lowest BCUT2D eigenvalue weighted by molar-refractivity contribution is 0.0945. The molecule has 3 heterocycles. The van der Waals surface area contributed by atoms with E-state index >= 15 is 0 Å². The van der Waals surface area contributed by atoms with Crippen molar-refractivity contribution >= 4 is 33.8 Å². The number of aromatic nitrogens is 5. The number of rotatable bonds is 5. The first kappa shape index (κ1) is 21.0. The number of aryl methyl sites for hydroxylation is 2. The van der Waals surface area contributed by atoms with Gasteiger partial charge in [0.25, 0.3) is 11.5 Å². The Hall–Kier alpha value is -3.91. The molecule has 33 heavy (non-hydrogen) atoms. The Morgan fingerprint density at radius 3 is 2.67 bits per heavy atom. The lowest BCUT2D eigenvalue weighted by Crippen LogP contribution is -2.23. The van der Waals surface area contributed by atoms with Gasteiger partial charge in [0.1, 0.15) is 5.02 Å². The van der Waals surface area contributed by atoms with Gasteiger partial charge in [-0.05, 0) is 30.7 Å². The monoisotopic (exact) mass is 460 g/mol. The van der Waals surface area contributed by atoms with Gasteiger partial charge in [0.15, 0.2) is 11.2 Å². The summed E-state index contributed by atoms with van der Waals surface area (Å²) in [4.78, 5) is 28.5. The molecule has 5 aromatic rings. The lowest BCUT2D eigenvalue weighted by atomic mass is 10.1. The highest BCUT2D eigenvalue weighted by Gasteiger charge is 2.21. The van der Waals surface area contributed by atoms with Crippen molar-refractivity contribution in [2.75, 3.05) is 0 Å². The molecule has 0 fully saturated rings. The molecular weight excluding hydrogens is 440 g/mol. The number of amides is 1. The van der Waals surface area contributed by atoms with Gasteiger partial charge in [-0.1, -0.05) is 48.0 Å². The van der Waals surface area contributed by atoms with Crippen molar-refractivity contribution < 1.29 is 4.79 Å². The number of hydrogen-bond acceptors (Lipinski definition) is 4. The third-order valence-electron chi connectivity index (χ3n) is 5.65. The topological polar surface area (TPSA) is 97.1 Å². The Kier molecular flexibility index (Phi) is 5.22. The van der Waals surface area contributed by atoms with E-state index in [1.807, 2.05) is 67.2 Å². The normalized spacial score (nSPS) is 11.4. The molecule has 0 unspecified atom stereocenters. The first-order chi connectivity index (χ1) is 15.9. The summed E-state index contributed by atoms with van der Waals surface area (Å²) >= 11 is 6.39. The van der Waals surface area contributed by atoms with Crippen LogP contribution in [0.2, 0.25) is 5.02 Å². The van der Waals surface area contributed by atoms with Crippen LogP contribution in [-0.4, -0.2) is 30.3 Å². The minimum absolute atomic E-state index is 0.00151. The van der Waals surface area contributed by atoms with Crippen LogP contribution in [0.3, 0.4) is 0 Å². The minimum atomic E-state index is -0.459. The van der Waals surface area contributed by atoms with E-state index in [1.165, 1.54) is 4.52 Å². The summed E-state index contributed by atoms with van der Waals surface area (Å²) in [5.41, 5.74) is 2.86. The van der Waals surface area contributed by atoms with E-state index in [2.05, 4.69) is 20.5 Å². The number of fused-ring (bicyclic) bond motifs is 2. The third-order valence-corrected chi connectivity index (χ3v) is 6.01. The highest BCUT2D eigenvalue weighted by molar-refractivity contribution is 6.36. The summed E-state index contributed by atoms with van der Waals surface area (Å²) < 4.78 is 3.17. The van der Waals surface area contributed by atoms with Crippen molar-refractivity contribution in [2.45, 2.75) is 26.9 Å². The maximum atomic E-state index is 12.8. The highest BCUT2D eigenvalue weighted by atomic mass is 35.5. The van der Waals surface area contributed by atoms with Gasteiger partial charge < -0.3 is 10.3 Å². The molecule has 1 amide bonds. The molecule has 0 spiro atoms. The van der Waals surface area contributed by atoms with Crippen LogP contribution in [0.15, 0.2) is 59.7 Å².